The van der Waals surface area contributed by atoms with Gasteiger partial charge < -0.3 is 10.1 Å². The van der Waals surface area contributed by atoms with Gasteiger partial charge in [-0.05, 0) is 63.2 Å². The lowest BCUT2D eigenvalue weighted by Gasteiger charge is -2.28. The number of hydrogen-bond donors (Lipinski definition) is 1. The Morgan fingerprint density at radius 3 is 2.14 bits per heavy atom. The monoisotopic (exact) mass is 444 g/mol. The Bertz CT molecular complexity index is 947. The first-order chi connectivity index (χ1) is 13.0. The van der Waals surface area contributed by atoms with Gasteiger partial charge in [-0.15, -0.1) is 0 Å². The minimum Gasteiger partial charge on any atom is -0.491 e. The number of halogens is 2. The van der Waals surface area contributed by atoms with Crippen LogP contribution in [0.25, 0.3) is 0 Å². The summed E-state index contributed by atoms with van der Waals surface area (Å²) in [6.45, 7) is 5.33. The molecule has 0 heterocycles. The van der Waals surface area contributed by atoms with E-state index in [4.69, 9.17) is 27.9 Å². The summed E-state index contributed by atoms with van der Waals surface area (Å²) in [6.07, 6.45) is 1.06. The fraction of sp³-hybridized carbons (Fsp3) is 0.316. The lowest BCUT2D eigenvalue weighted by Crippen LogP contribution is -2.45. The highest BCUT2D eigenvalue weighted by molar-refractivity contribution is 7.92. The van der Waals surface area contributed by atoms with Gasteiger partial charge in [0, 0.05) is 5.69 Å². The van der Waals surface area contributed by atoms with Crippen LogP contribution < -0.4 is 14.4 Å². The van der Waals surface area contributed by atoms with E-state index >= 15 is 0 Å². The molecule has 1 N–H and O–H groups in total. The van der Waals surface area contributed by atoms with Crippen LogP contribution in [0, 0.1) is 0 Å². The maximum Gasteiger partial charge on any atom is 0.247 e. The van der Waals surface area contributed by atoms with Crippen molar-refractivity contribution in [2.45, 2.75) is 32.9 Å². The molecule has 6 nitrogen and oxygen atoms in total. The third kappa shape index (κ3) is 5.77. The van der Waals surface area contributed by atoms with Gasteiger partial charge in [0.25, 0.3) is 0 Å². The molecule has 1 amide bonds. The van der Waals surface area contributed by atoms with Crippen LogP contribution in [0.15, 0.2) is 42.5 Å². The number of sulfonamides is 1. The molecule has 0 radical (unpaired) electrons. The molecule has 0 aliphatic carbocycles. The van der Waals surface area contributed by atoms with Crippen molar-refractivity contribution in [1.82, 2.24) is 0 Å². The highest BCUT2D eigenvalue weighted by Gasteiger charge is 2.29. The molecular weight excluding hydrogens is 423 g/mol. The van der Waals surface area contributed by atoms with Crippen LogP contribution in [-0.4, -0.2) is 32.7 Å². The Kier molecular flexibility index (Phi) is 7.20. The third-order valence-electron chi connectivity index (χ3n) is 3.74. The molecule has 0 bridgehead atoms. The van der Waals surface area contributed by atoms with E-state index in [0.717, 1.165) is 10.6 Å². The average Bonchev–Trinajstić information content (AvgIpc) is 2.58. The average molecular weight is 445 g/mol. The van der Waals surface area contributed by atoms with Crippen LogP contribution in [0.3, 0.4) is 0 Å². The SMILES string of the molecule is CC(C)Oc1ccc(NC(=O)C(C)N(c2ccc(Cl)c(Cl)c2)S(C)(=O)=O)cc1. The standard InChI is InChI=1S/C19H22Cl2N2O4S/c1-12(2)27-16-8-5-14(6-9-16)22-19(24)13(3)23(28(4,25)26)15-7-10-17(20)18(21)11-15/h5-13H,1-4H3,(H,22,24). The molecule has 2 aromatic carbocycles. The van der Waals surface area contributed by atoms with Gasteiger partial charge in [-0.3, -0.25) is 9.10 Å². The zero-order valence-electron chi connectivity index (χ0n) is 15.9. The Hall–Kier alpha value is -1.96. The molecule has 1 unspecified atom stereocenters. The van der Waals surface area contributed by atoms with E-state index < -0.39 is 22.0 Å². The Balaban J connectivity index is 2.23. The zero-order chi connectivity index (χ0) is 21.1. The summed E-state index contributed by atoms with van der Waals surface area (Å²) in [5, 5.41) is 3.20. The molecule has 2 aromatic rings. The van der Waals surface area contributed by atoms with Crippen molar-refractivity contribution in [3.05, 3.63) is 52.5 Å². The first-order valence-electron chi connectivity index (χ1n) is 8.51. The summed E-state index contributed by atoms with van der Waals surface area (Å²) in [4.78, 5) is 12.7. The summed E-state index contributed by atoms with van der Waals surface area (Å²) in [5.74, 6) is 0.184. The second-order valence-electron chi connectivity index (χ2n) is 6.51. The van der Waals surface area contributed by atoms with Gasteiger partial charge in [-0.2, -0.15) is 0 Å². The van der Waals surface area contributed by atoms with E-state index in [9.17, 15) is 13.2 Å². The van der Waals surface area contributed by atoms with Crippen LogP contribution in [-0.2, 0) is 14.8 Å². The highest BCUT2D eigenvalue weighted by atomic mass is 35.5. The normalized spacial score (nSPS) is 12.5. The molecule has 0 aliphatic heterocycles. The summed E-state index contributed by atoms with van der Waals surface area (Å²) >= 11 is 11.9. The predicted octanol–water partition coefficient (Wildman–Crippen LogP) is 4.57. The quantitative estimate of drug-likeness (QED) is 0.677. The second kappa shape index (κ2) is 9.03. The second-order valence-corrected chi connectivity index (χ2v) is 9.19. The molecule has 152 valence electrons. The van der Waals surface area contributed by atoms with Gasteiger partial charge in [0.15, 0.2) is 0 Å². The van der Waals surface area contributed by atoms with Crippen LogP contribution in [0.5, 0.6) is 5.75 Å². The van der Waals surface area contributed by atoms with Gasteiger partial charge in [0.1, 0.15) is 11.8 Å². The van der Waals surface area contributed by atoms with Gasteiger partial charge >= 0.3 is 0 Å². The van der Waals surface area contributed by atoms with Crippen molar-refractivity contribution in [3.63, 3.8) is 0 Å². The van der Waals surface area contributed by atoms with Gasteiger partial charge in [-0.1, -0.05) is 23.2 Å². The fourth-order valence-electron chi connectivity index (χ4n) is 2.57. The summed E-state index contributed by atoms with van der Waals surface area (Å²) in [7, 11) is -3.75. The minimum absolute atomic E-state index is 0.0370. The maximum atomic E-state index is 12.7. The van der Waals surface area contributed by atoms with E-state index in [1.165, 1.54) is 25.1 Å². The number of carbonyl (C=O) groups excluding carboxylic acids is 1. The van der Waals surface area contributed by atoms with Crippen molar-refractivity contribution < 1.29 is 17.9 Å². The third-order valence-corrected chi connectivity index (χ3v) is 5.72. The van der Waals surface area contributed by atoms with Crippen molar-refractivity contribution in [1.29, 1.82) is 0 Å². The molecule has 0 aromatic heterocycles. The molecule has 0 saturated heterocycles. The lowest BCUT2D eigenvalue weighted by atomic mass is 10.2. The number of anilines is 2. The fourth-order valence-corrected chi connectivity index (χ4v) is 4.03. The molecule has 0 saturated carbocycles. The van der Waals surface area contributed by atoms with Crippen LogP contribution in [0.1, 0.15) is 20.8 Å². The smallest absolute Gasteiger partial charge is 0.247 e. The zero-order valence-corrected chi connectivity index (χ0v) is 18.3. The summed E-state index contributed by atoms with van der Waals surface area (Å²) in [6, 6.07) is 10.2. The van der Waals surface area contributed by atoms with E-state index in [-0.39, 0.29) is 16.8 Å². The van der Waals surface area contributed by atoms with Crippen LogP contribution >= 0.6 is 23.2 Å². The van der Waals surface area contributed by atoms with Crippen LogP contribution in [0.4, 0.5) is 11.4 Å². The Labute approximate surface area is 175 Å². The number of ether oxygens (including phenoxy) is 1. The summed E-state index contributed by atoms with van der Waals surface area (Å²) < 4.78 is 31.2. The number of amides is 1. The van der Waals surface area contributed by atoms with Crippen molar-refractivity contribution in [2.24, 2.45) is 0 Å². The summed E-state index contributed by atoms with van der Waals surface area (Å²) in [5.41, 5.74) is 0.774. The number of nitrogens with one attached hydrogen (secondary N) is 1. The number of nitrogens with zero attached hydrogens (tertiary/aromatic N) is 1. The number of carbonyl (C=O) groups is 1. The molecule has 28 heavy (non-hydrogen) atoms. The van der Waals surface area contributed by atoms with Gasteiger partial charge in [0.2, 0.25) is 15.9 Å². The van der Waals surface area contributed by atoms with Crippen LogP contribution in [0.2, 0.25) is 10.0 Å². The van der Waals surface area contributed by atoms with Crippen molar-refractivity contribution >= 4 is 50.5 Å². The lowest BCUT2D eigenvalue weighted by molar-refractivity contribution is -0.116. The largest absolute Gasteiger partial charge is 0.491 e. The van der Waals surface area contributed by atoms with E-state index in [1.54, 1.807) is 24.3 Å². The van der Waals surface area contributed by atoms with E-state index in [0.29, 0.717) is 16.5 Å². The predicted molar refractivity (Wildman–Crippen MR) is 114 cm³/mol. The molecular formula is C19H22Cl2N2O4S. The molecule has 9 heteroatoms. The Morgan fingerprint density at radius 2 is 1.64 bits per heavy atom. The Morgan fingerprint density at radius 1 is 1.04 bits per heavy atom. The topological polar surface area (TPSA) is 75.7 Å². The minimum atomic E-state index is -3.75. The van der Waals surface area contributed by atoms with Gasteiger partial charge in [0.05, 0.1) is 28.1 Å². The number of benzene rings is 2. The number of rotatable bonds is 7. The van der Waals surface area contributed by atoms with E-state index in [2.05, 4.69) is 5.32 Å². The van der Waals surface area contributed by atoms with E-state index in [1.807, 2.05) is 13.8 Å². The van der Waals surface area contributed by atoms with Crippen molar-refractivity contribution in [3.8, 4) is 5.75 Å². The molecule has 0 aliphatic rings. The highest BCUT2D eigenvalue weighted by Crippen LogP contribution is 2.30. The molecule has 0 spiro atoms. The van der Waals surface area contributed by atoms with Gasteiger partial charge in [-0.25, -0.2) is 8.42 Å². The molecule has 0 fully saturated rings. The van der Waals surface area contributed by atoms with Crippen molar-refractivity contribution in [2.75, 3.05) is 15.9 Å². The number of hydrogen-bond acceptors (Lipinski definition) is 4. The molecule has 2 rings (SSSR count). The maximum absolute atomic E-state index is 12.7. The first-order valence-corrected chi connectivity index (χ1v) is 11.1. The first kappa shape index (κ1) is 22.3. The molecule has 1 atom stereocenters.